The van der Waals surface area contributed by atoms with Crippen LogP contribution in [0, 0.1) is 0 Å². The minimum Gasteiger partial charge on any atom is -0.266 e. The van der Waals surface area contributed by atoms with E-state index < -0.39 is 26.8 Å². The number of alkyl halides is 3. The number of rotatable bonds is 4. The van der Waals surface area contributed by atoms with Crippen LogP contribution in [-0.2, 0) is 16.2 Å². The standard InChI is InChI=1S/C13H11ClF3NO2S2/c1-2-18(22(19,20)12-4-3-7-21-12)9-5-6-11(14)10(8-9)13(15,16)17/h3-8H,2H2,1H3. The summed E-state index contributed by atoms with van der Waals surface area (Å²) < 4.78 is 64.7. The van der Waals surface area contributed by atoms with Crippen molar-refractivity contribution in [2.45, 2.75) is 17.3 Å². The third-order valence-corrected chi connectivity index (χ3v) is 6.48. The minimum atomic E-state index is -4.65. The lowest BCUT2D eigenvalue weighted by Crippen LogP contribution is -2.30. The zero-order chi connectivity index (χ0) is 16.5. The Bertz CT molecular complexity index is 758. The lowest BCUT2D eigenvalue weighted by atomic mass is 10.2. The normalized spacial score (nSPS) is 12.4. The Morgan fingerprint density at radius 2 is 1.95 bits per heavy atom. The summed E-state index contributed by atoms with van der Waals surface area (Å²) in [6, 6.07) is 6.02. The molecule has 0 bridgehead atoms. The van der Waals surface area contributed by atoms with E-state index in [2.05, 4.69) is 0 Å². The van der Waals surface area contributed by atoms with E-state index in [0.29, 0.717) is 0 Å². The number of benzene rings is 1. The second kappa shape index (κ2) is 6.10. The molecule has 1 aromatic carbocycles. The number of hydrogen-bond donors (Lipinski definition) is 0. The molecule has 0 saturated carbocycles. The average molecular weight is 370 g/mol. The molecule has 0 radical (unpaired) electrons. The molecule has 0 aliphatic carbocycles. The van der Waals surface area contributed by atoms with E-state index in [4.69, 9.17) is 11.6 Å². The second-order valence-corrected chi connectivity index (χ2v) is 7.71. The maximum absolute atomic E-state index is 12.9. The first-order valence-electron chi connectivity index (χ1n) is 6.11. The van der Waals surface area contributed by atoms with Gasteiger partial charge in [-0.05, 0) is 36.6 Å². The van der Waals surface area contributed by atoms with E-state index in [1.807, 2.05) is 0 Å². The first kappa shape index (κ1) is 17.1. The van der Waals surface area contributed by atoms with E-state index in [-0.39, 0.29) is 16.4 Å². The van der Waals surface area contributed by atoms with E-state index >= 15 is 0 Å². The van der Waals surface area contributed by atoms with Gasteiger partial charge in [0.05, 0.1) is 16.3 Å². The zero-order valence-corrected chi connectivity index (χ0v) is 13.7. The smallest absolute Gasteiger partial charge is 0.266 e. The van der Waals surface area contributed by atoms with Gasteiger partial charge in [-0.2, -0.15) is 13.2 Å². The molecule has 1 aromatic heterocycles. The second-order valence-electron chi connectivity index (χ2n) is 4.26. The Balaban J connectivity index is 2.54. The van der Waals surface area contributed by atoms with Gasteiger partial charge in [0, 0.05) is 6.54 Å². The van der Waals surface area contributed by atoms with Crippen LogP contribution < -0.4 is 4.31 Å². The Labute approximate surface area is 135 Å². The van der Waals surface area contributed by atoms with Crippen LogP contribution in [-0.4, -0.2) is 15.0 Å². The molecule has 0 amide bonds. The molecular weight excluding hydrogens is 359 g/mol. The van der Waals surface area contributed by atoms with Gasteiger partial charge in [-0.25, -0.2) is 8.42 Å². The Hall–Kier alpha value is -1.25. The summed E-state index contributed by atoms with van der Waals surface area (Å²) in [7, 11) is -3.89. The maximum Gasteiger partial charge on any atom is 0.417 e. The van der Waals surface area contributed by atoms with Crippen LogP contribution >= 0.6 is 22.9 Å². The van der Waals surface area contributed by atoms with E-state index in [0.717, 1.165) is 27.8 Å². The monoisotopic (exact) mass is 369 g/mol. The third-order valence-electron chi connectivity index (χ3n) is 2.87. The molecule has 0 spiro atoms. The predicted molar refractivity (Wildman–Crippen MR) is 81.0 cm³/mol. The van der Waals surface area contributed by atoms with Gasteiger partial charge < -0.3 is 0 Å². The van der Waals surface area contributed by atoms with E-state index in [1.165, 1.54) is 12.1 Å². The molecule has 0 saturated heterocycles. The molecule has 0 N–H and O–H groups in total. The molecule has 0 unspecified atom stereocenters. The van der Waals surface area contributed by atoms with Crippen molar-refractivity contribution < 1.29 is 21.6 Å². The lowest BCUT2D eigenvalue weighted by Gasteiger charge is -2.23. The average Bonchev–Trinajstić information content (AvgIpc) is 2.94. The van der Waals surface area contributed by atoms with Gasteiger partial charge in [-0.3, -0.25) is 4.31 Å². The molecule has 3 nitrogen and oxygen atoms in total. The summed E-state index contributed by atoms with van der Waals surface area (Å²) in [5, 5.41) is 1.12. The van der Waals surface area contributed by atoms with Gasteiger partial charge in [0.25, 0.3) is 10.0 Å². The molecule has 120 valence electrons. The van der Waals surface area contributed by atoms with Crippen LogP contribution in [0.25, 0.3) is 0 Å². The van der Waals surface area contributed by atoms with Crippen LogP contribution in [0.5, 0.6) is 0 Å². The van der Waals surface area contributed by atoms with Gasteiger partial charge in [-0.1, -0.05) is 17.7 Å². The van der Waals surface area contributed by atoms with Crippen molar-refractivity contribution in [3.05, 3.63) is 46.3 Å². The van der Waals surface area contributed by atoms with Crippen molar-refractivity contribution in [1.29, 1.82) is 0 Å². The largest absolute Gasteiger partial charge is 0.417 e. The highest BCUT2D eigenvalue weighted by Crippen LogP contribution is 2.38. The molecule has 9 heteroatoms. The summed E-state index contributed by atoms with van der Waals surface area (Å²) in [4.78, 5) is 0. The summed E-state index contributed by atoms with van der Waals surface area (Å²) >= 11 is 6.56. The van der Waals surface area contributed by atoms with Crippen LogP contribution in [0.2, 0.25) is 5.02 Å². The van der Waals surface area contributed by atoms with E-state index in [1.54, 1.807) is 18.4 Å². The number of anilines is 1. The van der Waals surface area contributed by atoms with Crippen LogP contribution in [0.4, 0.5) is 18.9 Å². The third kappa shape index (κ3) is 3.23. The first-order valence-corrected chi connectivity index (χ1v) is 8.80. The van der Waals surface area contributed by atoms with Gasteiger partial charge in [0.15, 0.2) is 0 Å². The van der Waals surface area contributed by atoms with Crippen molar-refractivity contribution in [3.63, 3.8) is 0 Å². The molecular formula is C13H11ClF3NO2S2. The summed E-state index contributed by atoms with van der Waals surface area (Å²) in [5.41, 5.74) is -1.14. The van der Waals surface area contributed by atoms with Crippen LogP contribution in [0.15, 0.2) is 39.9 Å². The highest BCUT2D eigenvalue weighted by molar-refractivity contribution is 7.94. The fourth-order valence-electron chi connectivity index (χ4n) is 1.90. The number of sulfonamides is 1. The highest BCUT2D eigenvalue weighted by atomic mass is 35.5. The van der Waals surface area contributed by atoms with Crippen molar-refractivity contribution in [2.75, 3.05) is 10.8 Å². The Kier molecular flexibility index (Phi) is 4.74. The first-order chi connectivity index (χ1) is 10.2. The van der Waals surface area contributed by atoms with Gasteiger partial charge in [0.2, 0.25) is 0 Å². The fourth-order valence-corrected chi connectivity index (χ4v) is 4.69. The summed E-state index contributed by atoms with van der Waals surface area (Å²) in [6.45, 7) is 1.55. The molecule has 0 atom stereocenters. The van der Waals surface area contributed by atoms with Gasteiger partial charge >= 0.3 is 6.18 Å². The fraction of sp³-hybridized carbons (Fsp3) is 0.231. The van der Waals surface area contributed by atoms with Crippen molar-refractivity contribution in [1.82, 2.24) is 0 Å². The number of hydrogen-bond acceptors (Lipinski definition) is 3. The summed E-state index contributed by atoms with van der Waals surface area (Å²) in [5.74, 6) is 0. The maximum atomic E-state index is 12.9. The van der Waals surface area contributed by atoms with Crippen molar-refractivity contribution in [2.24, 2.45) is 0 Å². The number of halogens is 4. The quantitative estimate of drug-likeness (QED) is 0.787. The zero-order valence-electron chi connectivity index (χ0n) is 11.3. The van der Waals surface area contributed by atoms with Crippen molar-refractivity contribution >= 4 is 38.6 Å². The highest BCUT2D eigenvalue weighted by Gasteiger charge is 2.35. The Morgan fingerprint density at radius 1 is 1.27 bits per heavy atom. The molecule has 0 fully saturated rings. The van der Waals surface area contributed by atoms with E-state index in [9.17, 15) is 21.6 Å². The topological polar surface area (TPSA) is 37.4 Å². The van der Waals surface area contributed by atoms with Crippen LogP contribution in [0.3, 0.4) is 0 Å². The SMILES string of the molecule is CCN(c1ccc(Cl)c(C(F)(F)F)c1)S(=O)(=O)c1cccs1. The number of thiophene rings is 1. The molecule has 0 aliphatic rings. The van der Waals surface area contributed by atoms with Crippen LogP contribution in [0.1, 0.15) is 12.5 Å². The summed E-state index contributed by atoms with van der Waals surface area (Å²) in [6.07, 6.45) is -4.65. The van der Waals surface area contributed by atoms with Gasteiger partial charge in [0.1, 0.15) is 4.21 Å². The molecule has 1 heterocycles. The van der Waals surface area contributed by atoms with Crippen molar-refractivity contribution in [3.8, 4) is 0 Å². The molecule has 2 aromatic rings. The molecule has 2 rings (SSSR count). The minimum absolute atomic E-state index is 0.000830. The lowest BCUT2D eigenvalue weighted by molar-refractivity contribution is -0.137. The molecule has 0 aliphatic heterocycles. The number of nitrogens with zero attached hydrogens (tertiary/aromatic N) is 1. The van der Waals surface area contributed by atoms with Gasteiger partial charge in [-0.15, -0.1) is 11.3 Å². The Morgan fingerprint density at radius 3 is 2.45 bits per heavy atom. The predicted octanol–water partition coefficient (Wildman–Crippen LogP) is 4.64. The molecule has 22 heavy (non-hydrogen) atoms.